The summed E-state index contributed by atoms with van der Waals surface area (Å²) in [6, 6.07) is 9.34. The summed E-state index contributed by atoms with van der Waals surface area (Å²) in [7, 11) is -3.66. The van der Waals surface area contributed by atoms with Crippen LogP contribution in [0, 0.1) is 13.8 Å². The number of hydrogen-bond donors (Lipinski definition) is 1. The monoisotopic (exact) mass is 458 g/mol. The fourth-order valence-corrected chi connectivity index (χ4v) is 4.09. The molecule has 26 heavy (non-hydrogen) atoms. The summed E-state index contributed by atoms with van der Waals surface area (Å²) in [5, 5.41) is 3.16. The van der Waals surface area contributed by atoms with Gasteiger partial charge < -0.3 is 5.32 Å². The molecule has 2 rings (SSSR count). The molecule has 0 fully saturated rings. The van der Waals surface area contributed by atoms with E-state index >= 15 is 0 Å². The Bertz CT molecular complexity index is 947. The van der Waals surface area contributed by atoms with Crippen molar-refractivity contribution in [1.29, 1.82) is 0 Å². The molecule has 0 aliphatic heterocycles. The lowest BCUT2D eigenvalue weighted by Crippen LogP contribution is -2.45. The number of sulfonamides is 1. The van der Waals surface area contributed by atoms with Crippen molar-refractivity contribution in [1.82, 2.24) is 0 Å². The van der Waals surface area contributed by atoms with Gasteiger partial charge in [-0.3, -0.25) is 9.10 Å². The molecule has 0 aliphatic rings. The van der Waals surface area contributed by atoms with Crippen LogP contribution < -0.4 is 9.62 Å². The van der Waals surface area contributed by atoms with E-state index in [0.29, 0.717) is 20.9 Å². The fourth-order valence-electron chi connectivity index (χ4n) is 2.49. The third kappa shape index (κ3) is 4.78. The predicted molar refractivity (Wildman–Crippen MR) is 110 cm³/mol. The largest absolute Gasteiger partial charge is 0.324 e. The standard InChI is InChI=1S/C18H20BrClN2O3S/c1-11-5-7-15(9-12(11)2)22(26(4,24)25)13(3)18(23)21-14-6-8-16(19)17(20)10-14/h5-10,13H,1-4H3,(H,21,23)/t13-/m1/s1. The summed E-state index contributed by atoms with van der Waals surface area (Å²) in [5.41, 5.74) is 2.93. The molecule has 0 aliphatic carbocycles. The van der Waals surface area contributed by atoms with Crippen molar-refractivity contribution in [3.8, 4) is 0 Å². The first kappa shape index (κ1) is 20.7. The number of nitrogens with zero attached hydrogens (tertiary/aromatic N) is 1. The first-order valence-corrected chi connectivity index (χ1v) is 10.8. The van der Waals surface area contributed by atoms with Crippen LogP contribution in [-0.4, -0.2) is 26.6 Å². The summed E-state index contributed by atoms with van der Waals surface area (Å²) in [4.78, 5) is 12.6. The molecule has 2 aromatic rings. The Balaban J connectivity index is 2.34. The molecule has 0 unspecified atom stereocenters. The highest BCUT2D eigenvalue weighted by molar-refractivity contribution is 9.10. The van der Waals surface area contributed by atoms with E-state index in [1.54, 1.807) is 37.3 Å². The minimum absolute atomic E-state index is 0.449. The van der Waals surface area contributed by atoms with Crippen LogP contribution in [0.5, 0.6) is 0 Å². The van der Waals surface area contributed by atoms with Gasteiger partial charge in [-0.25, -0.2) is 8.42 Å². The van der Waals surface area contributed by atoms with E-state index in [4.69, 9.17) is 11.6 Å². The number of benzene rings is 2. The molecule has 0 bridgehead atoms. The highest BCUT2D eigenvalue weighted by Gasteiger charge is 2.29. The van der Waals surface area contributed by atoms with Crippen molar-refractivity contribution in [3.05, 3.63) is 57.0 Å². The number of carbonyl (C=O) groups is 1. The van der Waals surface area contributed by atoms with Crippen molar-refractivity contribution in [2.45, 2.75) is 26.8 Å². The van der Waals surface area contributed by atoms with Gasteiger partial charge in [0.25, 0.3) is 0 Å². The van der Waals surface area contributed by atoms with Crippen LogP contribution in [0.2, 0.25) is 5.02 Å². The van der Waals surface area contributed by atoms with Crippen molar-refractivity contribution >= 4 is 54.8 Å². The molecule has 140 valence electrons. The smallest absolute Gasteiger partial charge is 0.247 e. The van der Waals surface area contributed by atoms with Gasteiger partial charge in [0.15, 0.2) is 0 Å². The maximum atomic E-state index is 12.6. The molecule has 1 amide bonds. The zero-order valence-electron chi connectivity index (χ0n) is 14.9. The maximum Gasteiger partial charge on any atom is 0.247 e. The lowest BCUT2D eigenvalue weighted by atomic mass is 10.1. The topological polar surface area (TPSA) is 66.5 Å². The zero-order valence-corrected chi connectivity index (χ0v) is 18.0. The number of carbonyl (C=O) groups excluding carboxylic acids is 1. The van der Waals surface area contributed by atoms with Gasteiger partial charge in [0.1, 0.15) is 6.04 Å². The Kier molecular flexibility index (Phi) is 6.37. The third-order valence-electron chi connectivity index (χ3n) is 4.02. The van der Waals surface area contributed by atoms with Gasteiger partial charge in [-0.05, 0) is 78.2 Å². The minimum Gasteiger partial charge on any atom is -0.324 e. The highest BCUT2D eigenvalue weighted by Crippen LogP contribution is 2.27. The van der Waals surface area contributed by atoms with Crippen LogP contribution in [0.1, 0.15) is 18.1 Å². The average molecular weight is 460 g/mol. The van der Waals surface area contributed by atoms with Crippen molar-refractivity contribution in [3.63, 3.8) is 0 Å². The van der Waals surface area contributed by atoms with Crippen LogP contribution in [0.4, 0.5) is 11.4 Å². The van der Waals surface area contributed by atoms with E-state index in [-0.39, 0.29) is 0 Å². The van der Waals surface area contributed by atoms with Gasteiger partial charge in [-0.1, -0.05) is 17.7 Å². The molecule has 5 nitrogen and oxygen atoms in total. The van der Waals surface area contributed by atoms with Gasteiger partial charge in [0.05, 0.1) is 17.0 Å². The quantitative estimate of drug-likeness (QED) is 0.715. The number of halogens is 2. The first-order chi connectivity index (χ1) is 12.0. The predicted octanol–water partition coefficient (Wildman–Crippen LogP) is 4.51. The number of rotatable bonds is 5. The van der Waals surface area contributed by atoms with Crippen LogP contribution >= 0.6 is 27.5 Å². The van der Waals surface area contributed by atoms with Crippen molar-refractivity contribution in [2.24, 2.45) is 0 Å². The van der Waals surface area contributed by atoms with E-state index in [9.17, 15) is 13.2 Å². The molecule has 0 spiro atoms. The van der Waals surface area contributed by atoms with Gasteiger partial charge >= 0.3 is 0 Å². The third-order valence-corrected chi connectivity index (χ3v) is 6.49. The summed E-state index contributed by atoms with van der Waals surface area (Å²) in [5.74, 6) is -0.452. The zero-order chi connectivity index (χ0) is 19.6. The second kappa shape index (κ2) is 7.98. The van der Waals surface area contributed by atoms with Crippen LogP contribution in [0.3, 0.4) is 0 Å². The van der Waals surface area contributed by atoms with Gasteiger partial charge in [0, 0.05) is 10.2 Å². The first-order valence-electron chi connectivity index (χ1n) is 7.83. The summed E-state index contributed by atoms with van der Waals surface area (Å²) in [6.07, 6.45) is 1.09. The molecule has 0 saturated carbocycles. The van der Waals surface area contributed by atoms with E-state index < -0.39 is 22.0 Å². The van der Waals surface area contributed by atoms with Gasteiger partial charge in [-0.15, -0.1) is 0 Å². The maximum absolute atomic E-state index is 12.6. The Morgan fingerprint density at radius 3 is 2.35 bits per heavy atom. The molecular formula is C18H20BrClN2O3S. The van der Waals surface area contributed by atoms with Crippen LogP contribution in [-0.2, 0) is 14.8 Å². The summed E-state index contributed by atoms with van der Waals surface area (Å²) in [6.45, 7) is 5.39. The Hall–Kier alpha value is -1.57. The van der Waals surface area contributed by atoms with E-state index in [0.717, 1.165) is 21.7 Å². The molecule has 0 radical (unpaired) electrons. The summed E-state index contributed by atoms with van der Waals surface area (Å²) >= 11 is 9.32. The molecule has 1 N–H and O–H groups in total. The number of amides is 1. The lowest BCUT2D eigenvalue weighted by Gasteiger charge is -2.28. The van der Waals surface area contributed by atoms with E-state index in [1.807, 2.05) is 19.9 Å². The molecule has 8 heteroatoms. The summed E-state index contributed by atoms with van der Waals surface area (Å²) < 4.78 is 26.5. The SMILES string of the molecule is Cc1ccc(N([C@H](C)C(=O)Nc2ccc(Br)c(Cl)c2)S(C)(=O)=O)cc1C. The van der Waals surface area contributed by atoms with Crippen molar-refractivity contribution in [2.75, 3.05) is 15.9 Å². The molecular weight excluding hydrogens is 440 g/mol. The highest BCUT2D eigenvalue weighted by atomic mass is 79.9. The van der Waals surface area contributed by atoms with Gasteiger partial charge in [0.2, 0.25) is 15.9 Å². The van der Waals surface area contributed by atoms with E-state index in [1.165, 1.54) is 0 Å². The van der Waals surface area contributed by atoms with E-state index in [2.05, 4.69) is 21.2 Å². The molecule has 0 saturated heterocycles. The number of aryl methyl sites for hydroxylation is 2. The Labute approximate surface area is 167 Å². The average Bonchev–Trinajstić information content (AvgIpc) is 2.53. The molecule has 0 aromatic heterocycles. The molecule has 1 atom stereocenters. The molecule has 2 aromatic carbocycles. The Morgan fingerprint density at radius 2 is 1.81 bits per heavy atom. The normalized spacial score (nSPS) is 12.5. The van der Waals surface area contributed by atoms with Crippen LogP contribution in [0.25, 0.3) is 0 Å². The van der Waals surface area contributed by atoms with Crippen molar-refractivity contribution < 1.29 is 13.2 Å². The number of nitrogens with one attached hydrogen (secondary N) is 1. The second-order valence-electron chi connectivity index (χ2n) is 6.12. The van der Waals surface area contributed by atoms with Crippen LogP contribution in [0.15, 0.2) is 40.9 Å². The molecule has 0 heterocycles. The second-order valence-corrected chi connectivity index (χ2v) is 9.24. The fraction of sp³-hybridized carbons (Fsp3) is 0.278. The van der Waals surface area contributed by atoms with Gasteiger partial charge in [-0.2, -0.15) is 0 Å². The lowest BCUT2D eigenvalue weighted by molar-refractivity contribution is -0.116. The Morgan fingerprint density at radius 1 is 1.15 bits per heavy atom. The number of hydrogen-bond acceptors (Lipinski definition) is 3. The minimum atomic E-state index is -3.66. The number of anilines is 2.